The summed E-state index contributed by atoms with van der Waals surface area (Å²) < 4.78 is 5.21. The van der Waals surface area contributed by atoms with Crippen LogP contribution in [0.4, 0.5) is 11.4 Å². The van der Waals surface area contributed by atoms with Crippen LogP contribution in [0, 0.1) is 0 Å². The van der Waals surface area contributed by atoms with E-state index in [1.165, 1.54) is 6.20 Å². The zero-order valence-corrected chi connectivity index (χ0v) is 17.3. The average molecular weight is 417 g/mol. The topological polar surface area (TPSA) is 126 Å². The molecule has 2 aromatic heterocycles. The number of carbonyl (C=O) groups excluding carboxylic acids is 1. The molecule has 0 saturated carbocycles. The molecule has 1 amide bonds. The van der Waals surface area contributed by atoms with Crippen LogP contribution in [0.1, 0.15) is 28.4 Å². The summed E-state index contributed by atoms with van der Waals surface area (Å²) in [5.41, 5.74) is 10.8. The first kappa shape index (κ1) is 20.4. The van der Waals surface area contributed by atoms with Crippen molar-refractivity contribution < 1.29 is 14.6 Å². The molecule has 31 heavy (non-hydrogen) atoms. The number of primary amides is 1. The van der Waals surface area contributed by atoms with Crippen molar-refractivity contribution in [3.63, 3.8) is 0 Å². The predicted molar refractivity (Wildman–Crippen MR) is 119 cm³/mol. The molecule has 2 heterocycles. The SMILES string of the molecule is CCc1c(CO)cccc1Nc1c(C(N)=O)cnc2nc(-c3ccc(OC)cc3)[nH]c12. The number of ether oxygens (including phenoxy) is 1. The van der Waals surface area contributed by atoms with Gasteiger partial charge in [0.25, 0.3) is 5.91 Å². The number of hydrogen-bond acceptors (Lipinski definition) is 6. The summed E-state index contributed by atoms with van der Waals surface area (Å²) in [4.78, 5) is 24.3. The van der Waals surface area contributed by atoms with Gasteiger partial charge in [-0.05, 0) is 47.9 Å². The number of imidazole rings is 1. The molecule has 0 aliphatic carbocycles. The number of amides is 1. The number of benzene rings is 2. The number of pyridine rings is 1. The number of nitrogens with one attached hydrogen (secondary N) is 2. The van der Waals surface area contributed by atoms with Crippen LogP contribution in [-0.4, -0.2) is 33.1 Å². The Morgan fingerprint density at radius 3 is 2.65 bits per heavy atom. The molecule has 158 valence electrons. The molecular weight excluding hydrogens is 394 g/mol. The van der Waals surface area contributed by atoms with Crippen LogP contribution in [0.3, 0.4) is 0 Å². The Morgan fingerprint density at radius 2 is 2.00 bits per heavy atom. The van der Waals surface area contributed by atoms with Crippen LogP contribution in [0.25, 0.3) is 22.6 Å². The van der Waals surface area contributed by atoms with E-state index in [4.69, 9.17) is 10.5 Å². The van der Waals surface area contributed by atoms with Gasteiger partial charge in [0.15, 0.2) is 5.65 Å². The molecule has 0 bridgehead atoms. The van der Waals surface area contributed by atoms with E-state index in [-0.39, 0.29) is 12.2 Å². The van der Waals surface area contributed by atoms with Gasteiger partial charge in [0.1, 0.15) is 17.1 Å². The van der Waals surface area contributed by atoms with Crippen molar-refractivity contribution in [3.05, 3.63) is 65.4 Å². The lowest BCUT2D eigenvalue weighted by atomic mass is 10.0. The third-order valence-electron chi connectivity index (χ3n) is 5.21. The third-order valence-corrected chi connectivity index (χ3v) is 5.21. The number of carbonyl (C=O) groups is 1. The van der Waals surface area contributed by atoms with E-state index in [9.17, 15) is 9.90 Å². The number of aliphatic hydroxyl groups excluding tert-OH is 1. The minimum Gasteiger partial charge on any atom is -0.497 e. The van der Waals surface area contributed by atoms with E-state index >= 15 is 0 Å². The summed E-state index contributed by atoms with van der Waals surface area (Å²) in [7, 11) is 1.61. The standard InChI is InChI=1S/C23H23N5O3/c1-3-16-14(12-29)5-4-6-18(16)26-19-17(21(24)30)11-25-23-20(19)27-22(28-23)13-7-9-15(31-2)10-8-13/h4-11,29H,3,12H2,1-2H3,(H2,24,30)(H2,25,26,27,28). The van der Waals surface area contributed by atoms with Gasteiger partial charge < -0.3 is 25.9 Å². The number of nitrogens with two attached hydrogens (primary N) is 1. The number of aromatic nitrogens is 3. The molecule has 0 spiro atoms. The first-order valence-corrected chi connectivity index (χ1v) is 9.87. The molecule has 8 heteroatoms. The summed E-state index contributed by atoms with van der Waals surface area (Å²) in [5.74, 6) is 0.746. The second-order valence-corrected chi connectivity index (χ2v) is 7.00. The number of aliphatic hydroxyl groups is 1. The highest BCUT2D eigenvalue weighted by molar-refractivity contribution is 6.06. The Bertz CT molecular complexity index is 1250. The third kappa shape index (κ3) is 3.80. The van der Waals surface area contributed by atoms with Crippen LogP contribution in [0.15, 0.2) is 48.7 Å². The Kier molecular flexibility index (Phi) is 5.55. The highest BCUT2D eigenvalue weighted by Crippen LogP contribution is 2.32. The maximum absolute atomic E-state index is 12.1. The van der Waals surface area contributed by atoms with E-state index in [0.717, 1.165) is 28.1 Å². The number of nitrogens with zero attached hydrogens (tertiary/aromatic N) is 2. The normalized spacial score (nSPS) is 10.9. The molecule has 4 rings (SSSR count). The van der Waals surface area contributed by atoms with Gasteiger partial charge >= 0.3 is 0 Å². The summed E-state index contributed by atoms with van der Waals surface area (Å²) in [6, 6.07) is 13.1. The highest BCUT2D eigenvalue weighted by atomic mass is 16.5. The molecule has 8 nitrogen and oxygen atoms in total. The van der Waals surface area contributed by atoms with Crippen molar-refractivity contribution in [3.8, 4) is 17.1 Å². The molecule has 0 fully saturated rings. The summed E-state index contributed by atoms with van der Waals surface area (Å²) in [5, 5.41) is 13.0. The van der Waals surface area contributed by atoms with Crippen LogP contribution in [-0.2, 0) is 13.0 Å². The predicted octanol–water partition coefficient (Wildman–Crippen LogP) is 3.53. The molecule has 0 radical (unpaired) electrons. The Labute approximate surface area is 179 Å². The first-order chi connectivity index (χ1) is 15.0. The number of H-pyrrole nitrogens is 1. The second-order valence-electron chi connectivity index (χ2n) is 7.00. The molecule has 0 saturated heterocycles. The summed E-state index contributed by atoms with van der Waals surface area (Å²) >= 11 is 0. The van der Waals surface area contributed by atoms with Crippen molar-refractivity contribution in [2.24, 2.45) is 5.73 Å². The number of fused-ring (bicyclic) bond motifs is 1. The second kappa shape index (κ2) is 8.45. The van der Waals surface area contributed by atoms with Gasteiger partial charge in [-0.3, -0.25) is 4.79 Å². The van der Waals surface area contributed by atoms with Gasteiger partial charge in [-0.15, -0.1) is 0 Å². The molecule has 2 aromatic carbocycles. The van der Waals surface area contributed by atoms with Gasteiger partial charge in [0, 0.05) is 17.4 Å². The molecule has 5 N–H and O–H groups in total. The molecule has 4 aromatic rings. The van der Waals surface area contributed by atoms with Crippen LogP contribution in [0.2, 0.25) is 0 Å². The van der Waals surface area contributed by atoms with Crippen molar-refractivity contribution in [2.75, 3.05) is 12.4 Å². The number of aromatic amines is 1. The fourth-order valence-corrected chi connectivity index (χ4v) is 3.61. The lowest BCUT2D eigenvalue weighted by Crippen LogP contribution is -2.14. The smallest absolute Gasteiger partial charge is 0.252 e. The first-order valence-electron chi connectivity index (χ1n) is 9.87. The van der Waals surface area contributed by atoms with E-state index in [1.54, 1.807) is 7.11 Å². The van der Waals surface area contributed by atoms with Gasteiger partial charge in [-0.25, -0.2) is 9.97 Å². The molecule has 0 aliphatic rings. The van der Waals surface area contributed by atoms with E-state index < -0.39 is 5.91 Å². The van der Waals surface area contributed by atoms with E-state index in [2.05, 4.69) is 20.3 Å². The van der Waals surface area contributed by atoms with E-state index in [1.807, 2.05) is 49.4 Å². The fourth-order valence-electron chi connectivity index (χ4n) is 3.61. The van der Waals surface area contributed by atoms with Crippen molar-refractivity contribution in [2.45, 2.75) is 20.0 Å². The monoisotopic (exact) mass is 417 g/mol. The quantitative estimate of drug-likeness (QED) is 0.364. The average Bonchev–Trinajstić information content (AvgIpc) is 3.23. The fraction of sp³-hybridized carbons (Fsp3) is 0.174. The number of rotatable bonds is 7. The minimum atomic E-state index is -0.603. The Hall–Kier alpha value is -3.91. The number of anilines is 2. The largest absolute Gasteiger partial charge is 0.497 e. The van der Waals surface area contributed by atoms with Crippen molar-refractivity contribution >= 4 is 28.4 Å². The minimum absolute atomic E-state index is 0.0706. The van der Waals surface area contributed by atoms with Gasteiger partial charge in [-0.2, -0.15) is 0 Å². The lowest BCUT2D eigenvalue weighted by Gasteiger charge is -2.16. The van der Waals surface area contributed by atoms with Gasteiger partial charge in [0.05, 0.1) is 25.0 Å². The molecule has 0 atom stereocenters. The zero-order valence-electron chi connectivity index (χ0n) is 17.3. The maximum Gasteiger partial charge on any atom is 0.252 e. The summed E-state index contributed by atoms with van der Waals surface area (Å²) in [6.07, 6.45) is 2.13. The lowest BCUT2D eigenvalue weighted by molar-refractivity contribution is 0.100. The zero-order chi connectivity index (χ0) is 22.0. The Morgan fingerprint density at radius 1 is 1.23 bits per heavy atom. The van der Waals surface area contributed by atoms with Crippen LogP contribution >= 0.6 is 0 Å². The van der Waals surface area contributed by atoms with Crippen molar-refractivity contribution in [1.82, 2.24) is 15.0 Å². The number of methoxy groups -OCH3 is 1. The summed E-state index contributed by atoms with van der Waals surface area (Å²) in [6.45, 7) is 1.94. The molecule has 0 unspecified atom stereocenters. The van der Waals surface area contributed by atoms with Gasteiger partial charge in [-0.1, -0.05) is 19.1 Å². The molecule has 0 aliphatic heterocycles. The van der Waals surface area contributed by atoms with Crippen molar-refractivity contribution in [1.29, 1.82) is 0 Å². The van der Waals surface area contributed by atoms with Gasteiger partial charge in [0.2, 0.25) is 0 Å². The highest BCUT2D eigenvalue weighted by Gasteiger charge is 2.19. The van der Waals surface area contributed by atoms with E-state index in [0.29, 0.717) is 29.1 Å². The maximum atomic E-state index is 12.1. The van der Waals surface area contributed by atoms with Crippen LogP contribution < -0.4 is 15.8 Å². The number of hydrogen-bond donors (Lipinski definition) is 4. The Balaban J connectivity index is 1.86. The molecular formula is C23H23N5O3. The van der Waals surface area contributed by atoms with Crippen LogP contribution in [0.5, 0.6) is 5.75 Å².